The predicted octanol–water partition coefficient (Wildman–Crippen LogP) is 0.0989. The van der Waals surface area contributed by atoms with Gasteiger partial charge >= 0.3 is 0 Å². The van der Waals surface area contributed by atoms with Gasteiger partial charge in [-0.2, -0.15) is 0 Å². The standard InChI is InChI=1S/C9H20N2O/c1-2-8(7-12)11-6-9-4-3-5-10-9/h8-12H,2-7H2,1H3. The van der Waals surface area contributed by atoms with Gasteiger partial charge in [0, 0.05) is 18.6 Å². The van der Waals surface area contributed by atoms with Gasteiger partial charge in [0.1, 0.15) is 0 Å². The maximum atomic E-state index is 8.92. The summed E-state index contributed by atoms with van der Waals surface area (Å²) in [6.45, 7) is 4.50. The van der Waals surface area contributed by atoms with Crippen LogP contribution in [0.1, 0.15) is 26.2 Å². The topological polar surface area (TPSA) is 44.3 Å². The lowest BCUT2D eigenvalue weighted by atomic mass is 10.2. The fourth-order valence-corrected chi connectivity index (χ4v) is 1.58. The highest BCUT2D eigenvalue weighted by atomic mass is 16.3. The molecule has 0 aromatic carbocycles. The first-order valence-corrected chi connectivity index (χ1v) is 4.94. The average Bonchev–Trinajstić information content (AvgIpc) is 2.59. The predicted molar refractivity (Wildman–Crippen MR) is 50.2 cm³/mol. The van der Waals surface area contributed by atoms with Crippen molar-refractivity contribution < 1.29 is 5.11 Å². The zero-order valence-corrected chi connectivity index (χ0v) is 7.84. The van der Waals surface area contributed by atoms with E-state index in [4.69, 9.17) is 5.11 Å². The summed E-state index contributed by atoms with van der Waals surface area (Å²) in [4.78, 5) is 0. The number of aliphatic hydroxyl groups is 1. The van der Waals surface area contributed by atoms with E-state index in [1.807, 2.05) is 0 Å². The highest BCUT2D eigenvalue weighted by Crippen LogP contribution is 2.03. The highest BCUT2D eigenvalue weighted by molar-refractivity contribution is 4.77. The van der Waals surface area contributed by atoms with Crippen molar-refractivity contribution in [2.75, 3.05) is 19.7 Å². The van der Waals surface area contributed by atoms with Crippen LogP contribution >= 0.6 is 0 Å². The van der Waals surface area contributed by atoms with Gasteiger partial charge in [-0.25, -0.2) is 0 Å². The molecule has 1 fully saturated rings. The van der Waals surface area contributed by atoms with Gasteiger partial charge in [-0.15, -0.1) is 0 Å². The smallest absolute Gasteiger partial charge is 0.0584 e. The Morgan fingerprint density at radius 2 is 2.50 bits per heavy atom. The second kappa shape index (κ2) is 5.51. The Balaban J connectivity index is 2.06. The Kier molecular flexibility index (Phi) is 4.58. The quantitative estimate of drug-likeness (QED) is 0.551. The first kappa shape index (κ1) is 9.96. The van der Waals surface area contributed by atoms with Gasteiger partial charge in [0.05, 0.1) is 6.61 Å². The van der Waals surface area contributed by atoms with Crippen LogP contribution in [0.3, 0.4) is 0 Å². The SMILES string of the molecule is CCC(CO)NCC1CCCN1. The molecule has 3 N–H and O–H groups in total. The summed E-state index contributed by atoms with van der Waals surface area (Å²) in [6, 6.07) is 0.915. The van der Waals surface area contributed by atoms with Crippen LogP contribution in [0, 0.1) is 0 Å². The van der Waals surface area contributed by atoms with Crippen LogP contribution in [0.4, 0.5) is 0 Å². The van der Waals surface area contributed by atoms with Crippen molar-refractivity contribution in [1.82, 2.24) is 10.6 Å². The Morgan fingerprint density at radius 1 is 1.67 bits per heavy atom. The Bertz CT molecular complexity index is 107. The fraction of sp³-hybridized carbons (Fsp3) is 1.00. The third-order valence-corrected chi connectivity index (χ3v) is 2.53. The summed E-state index contributed by atoms with van der Waals surface area (Å²) in [6.07, 6.45) is 3.57. The molecule has 12 heavy (non-hydrogen) atoms. The van der Waals surface area contributed by atoms with Crippen LogP contribution < -0.4 is 10.6 Å². The number of hydrogen-bond acceptors (Lipinski definition) is 3. The van der Waals surface area contributed by atoms with Crippen molar-refractivity contribution >= 4 is 0 Å². The van der Waals surface area contributed by atoms with E-state index in [0.717, 1.165) is 19.5 Å². The van der Waals surface area contributed by atoms with Gasteiger partial charge < -0.3 is 15.7 Å². The molecule has 3 nitrogen and oxygen atoms in total. The van der Waals surface area contributed by atoms with Crippen molar-refractivity contribution in [3.05, 3.63) is 0 Å². The van der Waals surface area contributed by atoms with E-state index in [0.29, 0.717) is 6.04 Å². The highest BCUT2D eigenvalue weighted by Gasteiger charge is 2.14. The number of aliphatic hydroxyl groups excluding tert-OH is 1. The monoisotopic (exact) mass is 172 g/mol. The Labute approximate surface area is 74.5 Å². The molecule has 3 heteroatoms. The first-order chi connectivity index (χ1) is 5.86. The zero-order chi connectivity index (χ0) is 8.81. The molecule has 2 unspecified atom stereocenters. The summed E-state index contributed by atoms with van der Waals surface area (Å²) in [5.41, 5.74) is 0. The van der Waals surface area contributed by atoms with Gasteiger partial charge in [-0.05, 0) is 25.8 Å². The fourth-order valence-electron chi connectivity index (χ4n) is 1.58. The second-order valence-electron chi connectivity index (χ2n) is 3.49. The molecule has 0 spiro atoms. The molecular formula is C9H20N2O. The molecule has 0 saturated carbocycles. The van der Waals surface area contributed by atoms with E-state index < -0.39 is 0 Å². The van der Waals surface area contributed by atoms with Gasteiger partial charge in [0.25, 0.3) is 0 Å². The van der Waals surface area contributed by atoms with Crippen molar-refractivity contribution in [2.24, 2.45) is 0 Å². The van der Waals surface area contributed by atoms with E-state index in [1.165, 1.54) is 12.8 Å². The van der Waals surface area contributed by atoms with Crippen LogP contribution in [0.2, 0.25) is 0 Å². The minimum atomic E-state index is 0.253. The summed E-state index contributed by atoms with van der Waals surface area (Å²) in [5.74, 6) is 0. The van der Waals surface area contributed by atoms with Crippen LogP contribution in [0.15, 0.2) is 0 Å². The van der Waals surface area contributed by atoms with E-state index in [9.17, 15) is 0 Å². The normalized spacial score (nSPS) is 26.0. The maximum absolute atomic E-state index is 8.92. The average molecular weight is 172 g/mol. The molecule has 0 aromatic heterocycles. The molecule has 1 aliphatic rings. The molecule has 2 atom stereocenters. The number of nitrogens with one attached hydrogen (secondary N) is 2. The third-order valence-electron chi connectivity index (χ3n) is 2.53. The maximum Gasteiger partial charge on any atom is 0.0584 e. The molecule has 1 heterocycles. The van der Waals surface area contributed by atoms with E-state index in [1.54, 1.807) is 0 Å². The largest absolute Gasteiger partial charge is 0.395 e. The van der Waals surface area contributed by atoms with Crippen LogP contribution in [-0.2, 0) is 0 Å². The molecule has 1 rings (SSSR count). The lowest BCUT2D eigenvalue weighted by molar-refractivity contribution is 0.236. The van der Waals surface area contributed by atoms with E-state index in [-0.39, 0.29) is 12.6 Å². The van der Waals surface area contributed by atoms with Crippen LogP contribution in [-0.4, -0.2) is 36.9 Å². The van der Waals surface area contributed by atoms with Gasteiger partial charge in [-0.1, -0.05) is 6.92 Å². The minimum absolute atomic E-state index is 0.253. The summed E-state index contributed by atoms with van der Waals surface area (Å²) >= 11 is 0. The van der Waals surface area contributed by atoms with Crippen molar-refractivity contribution in [3.8, 4) is 0 Å². The Morgan fingerprint density at radius 3 is 3.00 bits per heavy atom. The van der Waals surface area contributed by atoms with Crippen LogP contribution in [0.25, 0.3) is 0 Å². The molecule has 72 valence electrons. The second-order valence-corrected chi connectivity index (χ2v) is 3.49. The molecule has 1 saturated heterocycles. The lowest BCUT2D eigenvalue weighted by Gasteiger charge is -2.17. The number of hydrogen-bond donors (Lipinski definition) is 3. The number of rotatable bonds is 5. The van der Waals surface area contributed by atoms with E-state index >= 15 is 0 Å². The molecule has 0 aromatic rings. The van der Waals surface area contributed by atoms with E-state index in [2.05, 4.69) is 17.6 Å². The van der Waals surface area contributed by atoms with Gasteiger partial charge in [0.15, 0.2) is 0 Å². The summed E-state index contributed by atoms with van der Waals surface area (Å²) < 4.78 is 0. The lowest BCUT2D eigenvalue weighted by Crippen LogP contribution is -2.40. The molecule has 0 amide bonds. The molecule has 0 aliphatic carbocycles. The summed E-state index contributed by atoms with van der Waals surface area (Å²) in [7, 11) is 0. The molecule has 1 aliphatic heterocycles. The van der Waals surface area contributed by atoms with Crippen molar-refractivity contribution in [2.45, 2.75) is 38.3 Å². The molecule has 0 bridgehead atoms. The van der Waals surface area contributed by atoms with Crippen molar-refractivity contribution in [1.29, 1.82) is 0 Å². The third kappa shape index (κ3) is 3.09. The van der Waals surface area contributed by atoms with Gasteiger partial charge in [0.2, 0.25) is 0 Å². The minimum Gasteiger partial charge on any atom is -0.395 e. The molecule has 0 radical (unpaired) electrons. The first-order valence-electron chi connectivity index (χ1n) is 4.94. The Hall–Kier alpha value is -0.120. The van der Waals surface area contributed by atoms with Crippen molar-refractivity contribution in [3.63, 3.8) is 0 Å². The summed E-state index contributed by atoms with van der Waals surface area (Å²) in [5, 5.41) is 15.7. The van der Waals surface area contributed by atoms with Crippen LogP contribution in [0.5, 0.6) is 0 Å². The van der Waals surface area contributed by atoms with Gasteiger partial charge in [-0.3, -0.25) is 0 Å². The molecular weight excluding hydrogens is 152 g/mol. The zero-order valence-electron chi connectivity index (χ0n) is 7.84.